The van der Waals surface area contributed by atoms with E-state index in [0.717, 1.165) is 6.07 Å². The van der Waals surface area contributed by atoms with Gasteiger partial charge in [0.05, 0.1) is 10.6 Å². The van der Waals surface area contributed by atoms with Crippen LogP contribution in [0.3, 0.4) is 0 Å². The molecule has 120 valence electrons. The molecule has 1 aromatic carbocycles. The van der Waals surface area contributed by atoms with Gasteiger partial charge in [-0.05, 0) is 24.6 Å². The zero-order chi connectivity index (χ0) is 16.5. The molecule has 1 aromatic rings. The summed E-state index contributed by atoms with van der Waals surface area (Å²) >= 11 is 0. The molecule has 0 fully saturated rings. The van der Waals surface area contributed by atoms with E-state index in [4.69, 9.17) is 5.14 Å². The summed E-state index contributed by atoms with van der Waals surface area (Å²) in [6, 6.07) is 3.37. The minimum Gasteiger partial charge on any atom is -0.271 e. The average molecular weight is 347 g/mol. The first-order chi connectivity index (χ1) is 9.30. The molecule has 21 heavy (non-hydrogen) atoms. The first-order valence-electron chi connectivity index (χ1n) is 5.28. The normalized spacial score (nSPS) is 13.2. The molecule has 0 saturated carbocycles. The molecule has 4 N–H and O–H groups in total. The summed E-state index contributed by atoms with van der Waals surface area (Å²) in [6.45, 7) is -0.323. The Morgan fingerprint density at radius 1 is 1.19 bits per heavy atom. The predicted molar refractivity (Wildman–Crippen MR) is 69.2 cm³/mol. The maximum Gasteiger partial charge on any atom is 0.402 e. The quantitative estimate of drug-likeness (QED) is 0.716. The Kier molecular flexibility index (Phi) is 4.87. The Hall–Kier alpha value is -1.37. The molecular weight excluding hydrogens is 335 g/mol. The van der Waals surface area contributed by atoms with Gasteiger partial charge in [-0.15, -0.1) is 0 Å². The van der Waals surface area contributed by atoms with E-state index in [-0.39, 0.29) is 16.1 Å². The van der Waals surface area contributed by atoms with Crippen molar-refractivity contribution in [3.63, 3.8) is 0 Å². The van der Waals surface area contributed by atoms with Crippen LogP contribution in [0.4, 0.5) is 18.9 Å². The Bertz CT molecular complexity index is 729. The van der Waals surface area contributed by atoms with Gasteiger partial charge in [0.2, 0.25) is 10.0 Å². The topological polar surface area (TPSA) is 118 Å². The number of rotatable bonds is 5. The van der Waals surface area contributed by atoms with Crippen LogP contribution in [-0.2, 0) is 20.2 Å². The van der Waals surface area contributed by atoms with E-state index in [1.807, 2.05) is 0 Å². The van der Waals surface area contributed by atoms with Crippen LogP contribution >= 0.6 is 0 Å². The van der Waals surface area contributed by atoms with E-state index in [0.29, 0.717) is 0 Å². The average Bonchev–Trinajstić information content (AvgIpc) is 2.27. The molecule has 0 saturated heterocycles. The summed E-state index contributed by atoms with van der Waals surface area (Å²) in [6.07, 6.45) is -4.71. The maximum absolute atomic E-state index is 11.9. The molecule has 0 bridgehead atoms. The highest BCUT2D eigenvalue weighted by Crippen LogP contribution is 2.20. The predicted octanol–water partition coefficient (Wildman–Crippen LogP) is 0.451. The molecule has 0 radical (unpaired) electrons. The number of hydrogen-bond donors (Lipinski definition) is 3. The smallest absolute Gasteiger partial charge is 0.271 e. The Morgan fingerprint density at radius 3 is 2.24 bits per heavy atom. The van der Waals surface area contributed by atoms with Crippen molar-refractivity contribution in [1.82, 2.24) is 4.72 Å². The van der Waals surface area contributed by atoms with Crippen molar-refractivity contribution in [3.8, 4) is 0 Å². The SMILES string of the molecule is Cc1ccc(NS(=O)(=O)NCC(F)(F)F)cc1S(N)(=O)=O. The largest absolute Gasteiger partial charge is 0.402 e. The van der Waals surface area contributed by atoms with Gasteiger partial charge >= 0.3 is 6.18 Å². The lowest BCUT2D eigenvalue weighted by Crippen LogP contribution is -2.37. The summed E-state index contributed by atoms with van der Waals surface area (Å²) in [7, 11) is -8.58. The van der Waals surface area contributed by atoms with Crippen molar-refractivity contribution < 1.29 is 30.0 Å². The lowest BCUT2D eigenvalue weighted by atomic mass is 10.2. The van der Waals surface area contributed by atoms with Gasteiger partial charge < -0.3 is 0 Å². The fourth-order valence-corrected chi connectivity index (χ4v) is 3.01. The number of nitrogens with two attached hydrogens (primary N) is 1. The zero-order valence-corrected chi connectivity index (χ0v) is 12.2. The van der Waals surface area contributed by atoms with Gasteiger partial charge in [0, 0.05) is 0 Å². The number of anilines is 1. The minimum atomic E-state index is -4.71. The van der Waals surface area contributed by atoms with Gasteiger partial charge in [0.25, 0.3) is 10.2 Å². The number of sulfonamides is 1. The maximum atomic E-state index is 11.9. The molecule has 1 rings (SSSR count). The summed E-state index contributed by atoms with van der Waals surface area (Å²) in [5, 5.41) is 4.94. The monoisotopic (exact) mass is 347 g/mol. The fourth-order valence-electron chi connectivity index (χ4n) is 1.34. The second-order valence-corrected chi connectivity index (χ2v) is 7.10. The molecule has 0 aliphatic carbocycles. The second-order valence-electron chi connectivity index (χ2n) is 4.07. The first-order valence-corrected chi connectivity index (χ1v) is 8.31. The van der Waals surface area contributed by atoms with Crippen molar-refractivity contribution in [2.24, 2.45) is 5.14 Å². The summed E-state index contributed by atoms with van der Waals surface area (Å²) in [5.41, 5.74) is 0.0306. The molecule has 0 heterocycles. The third kappa shape index (κ3) is 5.87. The third-order valence-electron chi connectivity index (χ3n) is 2.21. The molecule has 0 aromatic heterocycles. The summed E-state index contributed by atoms with van der Waals surface area (Å²) in [5.74, 6) is 0. The Labute approximate surface area is 119 Å². The van der Waals surface area contributed by atoms with Crippen LogP contribution < -0.4 is 14.6 Å². The zero-order valence-electron chi connectivity index (χ0n) is 10.6. The molecule has 0 amide bonds. The van der Waals surface area contributed by atoms with Gasteiger partial charge in [0.1, 0.15) is 6.54 Å². The molecular formula is C9H12F3N3O4S2. The molecule has 0 atom stereocenters. The summed E-state index contributed by atoms with van der Waals surface area (Å²) in [4.78, 5) is -0.335. The van der Waals surface area contributed by atoms with Gasteiger partial charge in [-0.1, -0.05) is 6.07 Å². The van der Waals surface area contributed by atoms with Crippen LogP contribution in [-0.4, -0.2) is 29.6 Å². The Morgan fingerprint density at radius 2 is 1.76 bits per heavy atom. The number of halogens is 3. The van der Waals surface area contributed by atoms with E-state index in [1.54, 1.807) is 4.72 Å². The second kappa shape index (κ2) is 5.79. The van der Waals surface area contributed by atoms with Crippen molar-refractivity contribution >= 4 is 25.9 Å². The molecule has 0 spiro atoms. The van der Waals surface area contributed by atoms with Crippen LogP contribution in [0.1, 0.15) is 5.56 Å². The van der Waals surface area contributed by atoms with Crippen LogP contribution in [0.2, 0.25) is 0 Å². The highest BCUT2D eigenvalue weighted by molar-refractivity contribution is 7.90. The molecule has 0 aliphatic rings. The molecule has 7 nitrogen and oxygen atoms in total. The number of nitrogens with one attached hydrogen (secondary N) is 2. The Balaban J connectivity index is 2.99. The van der Waals surface area contributed by atoms with Crippen LogP contribution in [0.5, 0.6) is 0 Å². The van der Waals surface area contributed by atoms with Gasteiger partial charge in [-0.3, -0.25) is 4.72 Å². The summed E-state index contributed by atoms with van der Waals surface area (Å²) < 4.78 is 84.2. The van der Waals surface area contributed by atoms with Gasteiger partial charge in [0.15, 0.2) is 0 Å². The minimum absolute atomic E-state index is 0.237. The number of primary sulfonamides is 1. The highest BCUT2D eigenvalue weighted by Gasteiger charge is 2.29. The molecule has 0 aliphatic heterocycles. The van der Waals surface area contributed by atoms with Crippen molar-refractivity contribution in [1.29, 1.82) is 0 Å². The van der Waals surface area contributed by atoms with E-state index in [9.17, 15) is 30.0 Å². The first kappa shape index (κ1) is 17.7. The van der Waals surface area contributed by atoms with Crippen molar-refractivity contribution in [2.75, 3.05) is 11.3 Å². The number of alkyl halides is 3. The van der Waals surface area contributed by atoms with Gasteiger partial charge in [-0.25, -0.2) is 13.6 Å². The molecule has 0 unspecified atom stereocenters. The van der Waals surface area contributed by atoms with Crippen LogP contribution in [0.15, 0.2) is 23.1 Å². The van der Waals surface area contributed by atoms with Crippen LogP contribution in [0.25, 0.3) is 0 Å². The lowest BCUT2D eigenvalue weighted by Gasteiger charge is -2.12. The number of benzene rings is 1. The number of hydrogen-bond acceptors (Lipinski definition) is 4. The number of aryl methyl sites for hydroxylation is 1. The standard InChI is InChI=1S/C9H12F3N3O4S2/c1-6-2-3-7(4-8(6)20(13,16)17)15-21(18,19)14-5-9(10,11)12/h2-4,14-15H,5H2,1H3,(H2,13,16,17). The van der Waals surface area contributed by atoms with Crippen molar-refractivity contribution in [2.45, 2.75) is 18.0 Å². The van der Waals surface area contributed by atoms with E-state index < -0.39 is 33.0 Å². The van der Waals surface area contributed by atoms with Gasteiger partial charge in [-0.2, -0.15) is 26.3 Å². The van der Waals surface area contributed by atoms with E-state index in [2.05, 4.69) is 0 Å². The fraction of sp³-hybridized carbons (Fsp3) is 0.333. The van der Waals surface area contributed by atoms with E-state index in [1.165, 1.54) is 23.8 Å². The van der Waals surface area contributed by atoms with E-state index >= 15 is 0 Å². The lowest BCUT2D eigenvalue weighted by molar-refractivity contribution is -0.121. The molecule has 12 heteroatoms. The van der Waals surface area contributed by atoms with Crippen LogP contribution in [0, 0.1) is 6.92 Å². The highest BCUT2D eigenvalue weighted by atomic mass is 32.2. The van der Waals surface area contributed by atoms with Crippen molar-refractivity contribution in [3.05, 3.63) is 23.8 Å². The third-order valence-corrected chi connectivity index (χ3v) is 4.29.